The smallest absolute Gasteiger partial charge is 0.336 e. The third-order valence-electron chi connectivity index (χ3n) is 1.83. The largest absolute Gasteiger partial charge is 0.338 e. The molecule has 15 heavy (non-hydrogen) atoms. The maximum absolute atomic E-state index is 13.1. The van der Waals surface area contributed by atoms with E-state index in [1.165, 1.54) is 13.2 Å². The second-order valence-electron chi connectivity index (χ2n) is 2.90. The third kappa shape index (κ3) is 3.95. The van der Waals surface area contributed by atoms with Gasteiger partial charge in [0, 0.05) is 6.54 Å². The number of hydrogen-bond donors (Lipinski definition) is 2. The molecule has 1 aromatic rings. The zero-order valence-electron chi connectivity index (χ0n) is 8.42. The van der Waals surface area contributed by atoms with Crippen molar-refractivity contribution in [2.75, 3.05) is 13.7 Å². The van der Waals surface area contributed by atoms with Gasteiger partial charge >= 0.3 is 6.03 Å². The van der Waals surface area contributed by atoms with E-state index in [9.17, 15) is 9.18 Å². The van der Waals surface area contributed by atoms with Gasteiger partial charge in [-0.25, -0.2) is 14.7 Å². The van der Waals surface area contributed by atoms with E-state index in [2.05, 4.69) is 15.6 Å². The van der Waals surface area contributed by atoms with Crippen molar-refractivity contribution in [3.63, 3.8) is 0 Å². The average molecular weight is 212 g/mol. The number of halogens is 1. The molecule has 0 saturated carbocycles. The Kier molecular flexibility index (Phi) is 4.56. The molecule has 0 spiro atoms. The Morgan fingerprint density at radius 3 is 2.87 bits per heavy atom. The maximum atomic E-state index is 13.1. The van der Waals surface area contributed by atoms with Crippen LogP contribution in [0.15, 0.2) is 24.3 Å². The molecule has 0 bridgehead atoms. The molecule has 0 saturated heterocycles. The second kappa shape index (κ2) is 5.98. The van der Waals surface area contributed by atoms with Gasteiger partial charge in [0.05, 0.1) is 7.11 Å². The fourth-order valence-corrected chi connectivity index (χ4v) is 1.14. The average Bonchev–Trinajstić information content (AvgIpc) is 2.21. The van der Waals surface area contributed by atoms with Crippen LogP contribution in [0, 0.1) is 5.82 Å². The van der Waals surface area contributed by atoms with E-state index in [1.807, 2.05) is 0 Å². The number of nitrogens with one attached hydrogen (secondary N) is 2. The highest BCUT2D eigenvalue weighted by molar-refractivity contribution is 5.72. The topological polar surface area (TPSA) is 50.4 Å². The summed E-state index contributed by atoms with van der Waals surface area (Å²) in [6.07, 6.45) is 0.448. The first-order valence-electron chi connectivity index (χ1n) is 4.54. The van der Waals surface area contributed by atoms with Gasteiger partial charge in [0.1, 0.15) is 5.82 Å². The van der Waals surface area contributed by atoms with E-state index in [0.717, 1.165) is 0 Å². The Morgan fingerprint density at radius 1 is 1.47 bits per heavy atom. The lowest BCUT2D eigenvalue weighted by Gasteiger charge is -2.05. The Morgan fingerprint density at radius 2 is 2.20 bits per heavy atom. The molecule has 0 heterocycles. The number of urea groups is 1. The Bertz CT molecular complexity index is 331. The van der Waals surface area contributed by atoms with Crippen LogP contribution in [0.2, 0.25) is 0 Å². The number of amides is 2. The molecule has 0 aliphatic heterocycles. The monoisotopic (exact) mass is 212 g/mol. The number of hydrogen-bond acceptors (Lipinski definition) is 2. The molecule has 0 aliphatic carbocycles. The van der Waals surface area contributed by atoms with Crippen LogP contribution in [0.1, 0.15) is 5.56 Å². The van der Waals surface area contributed by atoms with Crippen LogP contribution in [0.5, 0.6) is 0 Å². The van der Waals surface area contributed by atoms with E-state index in [1.54, 1.807) is 18.2 Å². The van der Waals surface area contributed by atoms with Gasteiger partial charge in [-0.05, 0) is 18.1 Å². The highest BCUT2D eigenvalue weighted by atomic mass is 19.1. The summed E-state index contributed by atoms with van der Waals surface area (Å²) in [5.41, 5.74) is 2.68. The Labute approximate surface area is 87.4 Å². The van der Waals surface area contributed by atoms with Crippen molar-refractivity contribution in [2.24, 2.45) is 0 Å². The van der Waals surface area contributed by atoms with Gasteiger partial charge in [-0.15, -0.1) is 0 Å². The van der Waals surface area contributed by atoms with Gasteiger partial charge in [-0.1, -0.05) is 18.2 Å². The Hall–Kier alpha value is -1.62. The van der Waals surface area contributed by atoms with Gasteiger partial charge in [0.15, 0.2) is 0 Å². The standard InChI is InChI=1S/C10H13FN2O2/c1-15-13-10(14)12-7-6-8-4-2-3-5-9(8)11/h2-5H,6-7H2,1H3,(H2,12,13,14). The predicted octanol–water partition coefficient (Wildman–Crippen LogP) is 1.23. The summed E-state index contributed by atoms with van der Waals surface area (Å²) in [6, 6.07) is 6.03. The molecule has 0 fully saturated rings. The lowest BCUT2D eigenvalue weighted by Crippen LogP contribution is -2.35. The molecule has 0 atom stereocenters. The highest BCUT2D eigenvalue weighted by Crippen LogP contribution is 2.05. The van der Waals surface area contributed by atoms with Crippen LogP contribution in [0.25, 0.3) is 0 Å². The Balaban J connectivity index is 2.32. The summed E-state index contributed by atoms with van der Waals surface area (Å²) in [5, 5.41) is 2.52. The lowest BCUT2D eigenvalue weighted by atomic mass is 10.1. The van der Waals surface area contributed by atoms with E-state index >= 15 is 0 Å². The van der Waals surface area contributed by atoms with Crippen molar-refractivity contribution in [3.05, 3.63) is 35.6 Å². The quantitative estimate of drug-likeness (QED) is 0.737. The fourth-order valence-electron chi connectivity index (χ4n) is 1.14. The first-order valence-corrected chi connectivity index (χ1v) is 4.54. The molecular weight excluding hydrogens is 199 g/mol. The molecule has 0 unspecified atom stereocenters. The third-order valence-corrected chi connectivity index (χ3v) is 1.83. The van der Waals surface area contributed by atoms with Crippen molar-refractivity contribution < 1.29 is 14.0 Å². The van der Waals surface area contributed by atoms with Crippen molar-refractivity contribution >= 4 is 6.03 Å². The number of hydroxylamine groups is 1. The molecule has 2 N–H and O–H groups in total. The molecule has 82 valence electrons. The summed E-state index contributed by atoms with van der Waals surface area (Å²) in [5.74, 6) is -0.258. The van der Waals surface area contributed by atoms with Gasteiger partial charge in [-0.3, -0.25) is 4.84 Å². The minimum absolute atomic E-state index is 0.258. The summed E-state index contributed by atoms with van der Waals surface area (Å²) < 4.78 is 13.1. The summed E-state index contributed by atoms with van der Waals surface area (Å²) in [7, 11) is 1.34. The molecule has 1 rings (SSSR count). The van der Waals surface area contributed by atoms with E-state index in [-0.39, 0.29) is 5.82 Å². The minimum atomic E-state index is -0.436. The van der Waals surface area contributed by atoms with Crippen LogP contribution in [0.4, 0.5) is 9.18 Å². The molecule has 2 amide bonds. The summed E-state index contributed by atoms with van der Waals surface area (Å²) >= 11 is 0. The summed E-state index contributed by atoms with van der Waals surface area (Å²) in [6.45, 7) is 0.357. The first kappa shape index (κ1) is 11.5. The fraction of sp³-hybridized carbons (Fsp3) is 0.300. The van der Waals surface area contributed by atoms with E-state index in [4.69, 9.17) is 0 Å². The zero-order chi connectivity index (χ0) is 11.1. The van der Waals surface area contributed by atoms with Gasteiger partial charge in [0.2, 0.25) is 0 Å². The van der Waals surface area contributed by atoms with E-state index < -0.39 is 6.03 Å². The number of benzene rings is 1. The molecule has 0 aromatic heterocycles. The van der Waals surface area contributed by atoms with Crippen LogP contribution >= 0.6 is 0 Å². The van der Waals surface area contributed by atoms with Crippen molar-refractivity contribution in [2.45, 2.75) is 6.42 Å². The maximum Gasteiger partial charge on any atom is 0.338 e. The van der Waals surface area contributed by atoms with Crippen molar-refractivity contribution in [1.29, 1.82) is 0 Å². The second-order valence-corrected chi connectivity index (χ2v) is 2.90. The zero-order valence-corrected chi connectivity index (χ0v) is 8.42. The highest BCUT2D eigenvalue weighted by Gasteiger charge is 2.01. The van der Waals surface area contributed by atoms with Crippen molar-refractivity contribution in [1.82, 2.24) is 10.8 Å². The molecule has 4 nitrogen and oxygen atoms in total. The predicted molar refractivity (Wildman–Crippen MR) is 53.6 cm³/mol. The van der Waals surface area contributed by atoms with Gasteiger partial charge in [-0.2, -0.15) is 0 Å². The summed E-state index contributed by atoms with van der Waals surface area (Å²) in [4.78, 5) is 15.3. The van der Waals surface area contributed by atoms with Gasteiger partial charge in [0.25, 0.3) is 0 Å². The number of carbonyl (C=O) groups excluding carboxylic acids is 1. The molecule has 0 radical (unpaired) electrons. The molecular formula is C10H13FN2O2. The van der Waals surface area contributed by atoms with Crippen LogP contribution < -0.4 is 10.8 Å². The normalized spacial score (nSPS) is 9.73. The van der Waals surface area contributed by atoms with Crippen LogP contribution in [0.3, 0.4) is 0 Å². The van der Waals surface area contributed by atoms with Crippen LogP contribution in [-0.2, 0) is 11.3 Å². The minimum Gasteiger partial charge on any atom is -0.336 e. The van der Waals surface area contributed by atoms with Gasteiger partial charge < -0.3 is 5.32 Å². The SMILES string of the molecule is CONC(=O)NCCc1ccccc1F. The number of rotatable bonds is 4. The van der Waals surface area contributed by atoms with Crippen LogP contribution in [-0.4, -0.2) is 19.7 Å². The molecule has 0 aliphatic rings. The lowest BCUT2D eigenvalue weighted by molar-refractivity contribution is 0.107. The number of carbonyl (C=O) groups is 1. The molecule has 1 aromatic carbocycles. The molecule has 5 heteroatoms. The first-order chi connectivity index (χ1) is 7.24. The van der Waals surface area contributed by atoms with E-state index in [0.29, 0.717) is 18.5 Å². The van der Waals surface area contributed by atoms with Crippen molar-refractivity contribution in [3.8, 4) is 0 Å².